The second-order valence-corrected chi connectivity index (χ2v) is 4.22. The van der Waals surface area contributed by atoms with Gasteiger partial charge in [0.15, 0.2) is 0 Å². The van der Waals surface area contributed by atoms with Crippen LogP contribution in [0.5, 0.6) is 0 Å². The Balaban J connectivity index is 1.92. The van der Waals surface area contributed by atoms with Crippen molar-refractivity contribution in [1.82, 2.24) is 5.12 Å². The molecule has 0 amide bonds. The lowest BCUT2D eigenvalue weighted by molar-refractivity contribution is -0.155. The third-order valence-corrected chi connectivity index (χ3v) is 3.38. The quantitative estimate of drug-likeness (QED) is 0.655. The third kappa shape index (κ3) is 1.46. The third-order valence-electron chi connectivity index (χ3n) is 3.38. The molecule has 0 radical (unpaired) electrons. The Labute approximate surface area is 88.6 Å². The van der Waals surface area contributed by atoms with Crippen molar-refractivity contribution in [2.75, 3.05) is 13.2 Å². The van der Waals surface area contributed by atoms with Crippen molar-refractivity contribution in [2.24, 2.45) is 0 Å². The summed E-state index contributed by atoms with van der Waals surface area (Å²) in [7, 11) is 0. The number of hydrogen-bond acceptors (Lipinski definition) is 2. The zero-order valence-electron chi connectivity index (χ0n) is 8.53. The minimum Gasteiger partial charge on any atom is -0.371 e. The Hall–Kier alpha value is -0.930. The molecule has 0 bridgehead atoms. The summed E-state index contributed by atoms with van der Waals surface area (Å²) in [6, 6.07) is 8.15. The minimum absolute atomic E-state index is 0.0614. The zero-order chi connectivity index (χ0) is 10.3. The summed E-state index contributed by atoms with van der Waals surface area (Å²) in [6.45, 7) is 1.26. The molecule has 80 valence electrons. The Kier molecular flexibility index (Phi) is 2.22. The van der Waals surface area contributed by atoms with E-state index >= 15 is 0 Å². The fourth-order valence-electron chi connectivity index (χ4n) is 2.42. The van der Waals surface area contributed by atoms with Gasteiger partial charge in [-0.1, -0.05) is 24.3 Å². The molecule has 1 fully saturated rings. The van der Waals surface area contributed by atoms with Crippen LogP contribution in [0.4, 0.5) is 4.48 Å². The predicted octanol–water partition coefficient (Wildman–Crippen LogP) is 2.26. The lowest BCUT2D eigenvalue weighted by Crippen LogP contribution is -2.47. The van der Waals surface area contributed by atoms with Gasteiger partial charge in [0.05, 0.1) is 12.6 Å². The summed E-state index contributed by atoms with van der Waals surface area (Å²) in [5.41, 5.74) is 2.49. The van der Waals surface area contributed by atoms with Crippen LogP contribution in [0.2, 0.25) is 0 Å². The number of rotatable bonds is 1. The van der Waals surface area contributed by atoms with Crippen LogP contribution >= 0.6 is 0 Å². The number of fused-ring (bicyclic) bond motifs is 1. The molecule has 2 nitrogen and oxygen atoms in total. The van der Waals surface area contributed by atoms with Crippen molar-refractivity contribution >= 4 is 0 Å². The van der Waals surface area contributed by atoms with E-state index in [-0.39, 0.29) is 12.1 Å². The van der Waals surface area contributed by atoms with Crippen LogP contribution in [0.1, 0.15) is 23.7 Å². The van der Waals surface area contributed by atoms with Gasteiger partial charge >= 0.3 is 0 Å². The number of hydrogen-bond donors (Lipinski definition) is 0. The first kappa shape index (κ1) is 9.31. The highest BCUT2D eigenvalue weighted by molar-refractivity contribution is 5.32. The van der Waals surface area contributed by atoms with Gasteiger partial charge in [-0.05, 0) is 24.0 Å². The van der Waals surface area contributed by atoms with E-state index in [1.165, 1.54) is 11.1 Å². The first-order chi connectivity index (χ1) is 7.36. The van der Waals surface area contributed by atoms with Gasteiger partial charge in [-0.15, -0.1) is 9.60 Å². The van der Waals surface area contributed by atoms with Crippen molar-refractivity contribution in [3.8, 4) is 0 Å². The molecule has 1 aromatic rings. The normalized spacial score (nSPS) is 30.7. The second kappa shape index (κ2) is 3.58. The van der Waals surface area contributed by atoms with E-state index in [4.69, 9.17) is 4.74 Å². The highest BCUT2D eigenvalue weighted by atomic mass is 19.2. The average Bonchev–Trinajstić information content (AvgIpc) is 2.28. The van der Waals surface area contributed by atoms with E-state index < -0.39 is 0 Å². The fraction of sp³-hybridized carbons (Fsp3) is 0.500. The van der Waals surface area contributed by atoms with Gasteiger partial charge in [-0.2, -0.15) is 0 Å². The van der Waals surface area contributed by atoms with Crippen LogP contribution < -0.4 is 0 Å². The summed E-state index contributed by atoms with van der Waals surface area (Å²) in [6.07, 6.45) is 1.79. The van der Waals surface area contributed by atoms with Crippen LogP contribution in [0.3, 0.4) is 0 Å². The molecule has 2 atom stereocenters. The SMILES string of the molecule is FN1CCC1C1OCCc2ccccc21. The van der Waals surface area contributed by atoms with Gasteiger partial charge < -0.3 is 4.74 Å². The molecule has 2 heterocycles. The molecule has 0 N–H and O–H groups in total. The minimum atomic E-state index is -0.0635. The Bertz CT molecular complexity index is 368. The molecule has 3 rings (SSSR count). The van der Waals surface area contributed by atoms with Gasteiger partial charge in [0.2, 0.25) is 0 Å². The smallest absolute Gasteiger partial charge is 0.101 e. The Morgan fingerprint density at radius 1 is 1.33 bits per heavy atom. The standard InChI is InChI=1S/C12H14FNO/c13-14-7-5-11(14)12-10-4-2-1-3-9(10)6-8-15-12/h1-4,11-12H,5-8H2. The molecule has 15 heavy (non-hydrogen) atoms. The summed E-state index contributed by atoms with van der Waals surface area (Å²) in [5.74, 6) is 0. The molecule has 0 saturated carbocycles. The molecule has 1 saturated heterocycles. The summed E-state index contributed by atoms with van der Waals surface area (Å²) in [5, 5.41) is 0.896. The van der Waals surface area contributed by atoms with Crippen LogP contribution in [-0.2, 0) is 11.2 Å². The maximum atomic E-state index is 13.2. The first-order valence-electron chi connectivity index (χ1n) is 5.48. The fourth-order valence-corrected chi connectivity index (χ4v) is 2.42. The molecule has 2 unspecified atom stereocenters. The summed E-state index contributed by atoms with van der Waals surface area (Å²) >= 11 is 0. The predicted molar refractivity (Wildman–Crippen MR) is 55.1 cm³/mol. The zero-order valence-corrected chi connectivity index (χ0v) is 8.53. The molecular weight excluding hydrogens is 193 g/mol. The van der Waals surface area contributed by atoms with E-state index in [9.17, 15) is 4.48 Å². The van der Waals surface area contributed by atoms with Crippen LogP contribution in [0, 0.1) is 0 Å². The topological polar surface area (TPSA) is 12.5 Å². The number of benzene rings is 1. The van der Waals surface area contributed by atoms with Gasteiger partial charge in [-0.25, -0.2) is 0 Å². The Morgan fingerprint density at radius 2 is 2.20 bits per heavy atom. The lowest BCUT2D eigenvalue weighted by atomic mass is 9.89. The average molecular weight is 207 g/mol. The lowest BCUT2D eigenvalue weighted by Gasteiger charge is -2.41. The first-order valence-corrected chi connectivity index (χ1v) is 5.48. The van der Waals surface area contributed by atoms with Crippen molar-refractivity contribution < 1.29 is 9.22 Å². The maximum Gasteiger partial charge on any atom is 0.101 e. The van der Waals surface area contributed by atoms with Crippen molar-refractivity contribution in [2.45, 2.75) is 25.0 Å². The van der Waals surface area contributed by atoms with E-state index in [0.29, 0.717) is 13.2 Å². The molecule has 0 spiro atoms. The van der Waals surface area contributed by atoms with Crippen molar-refractivity contribution in [3.63, 3.8) is 0 Å². The van der Waals surface area contributed by atoms with Gasteiger partial charge in [-0.3, -0.25) is 0 Å². The number of nitrogens with zero attached hydrogens (tertiary/aromatic N) is 1. The second-order valence-electron chi connectivity index (χ2n) is 4.22. The van der Waals surface area contributed by atoms with E-state index in [0.717, 1.165) is 18.0 Å². The highest BCUT2D eigenvalue weighted by Gasteiger charge is 2.39. The molecule has 1 aromatic carbocycles. The number of halogens is 1. The molecule has 0 aliphatic carbocycles. The monoisotopic (exact) mass is 207 g/mol. The van der Waals surface area contributed by atoms with Crippen LogP contribution in [0.15, 0.2) is 24.3 Å². The van der Waals surface area contributed by atoms with Crippen LogP contribution in [0.25, 0.3) is 0 Å². The molecule has 0 aromatic heterocycles. The Morgan fingerprint density at radius 3 is 2.93 bits per heavy atom. The van der Waals surface area contributed by atoms with Crippen molar-refractivity contribution in [1.29, 1.82) is 0 Å². The largest absolute Gasteiger partial charge is 0.371 e. The van der Waals surface area contributed by atoms with Crippen LogP contribution in [-0.4, -0.2) is 24.3 Å². The number of ether oxygens (including phenoxy) is 1. The molecular formula is C12H14FNO. The highest BCUT2D eigenvalue weighted by Crippen LogP contribution is 2.37. The maximum absolute atomic E-state index is 13.2. The molecule has 2 aliphatic heterocycles. The summed E-state index contributed by atoms with van der Waals surface area (Å²) < 4.78 is 18.9. The van der Waals surface area contributed by atoms with E-state index in [1.807, 2.05) is 12.1 Å². The van der Waals surface area contributed by atoms with Gasteiger partial charge in [0.25, 0.3) is 0 Å². The van der Waals surface area contributed by atoms with Crippen molar-refractivity contribution in [3.05, 3.63) is 35.4 Å². The van der Waals surface area contributed by atoms with E-state index in [2.05, 4.69) is 12.1 Å². The molecule has 2 aliphatic rings. The van der Waals surface area contributed by atoms with Gasteiger partial charge in [0, 0.05) is 6.54 Å². The summed E-state index contributed by atoms with van der Waals surface area (Å²) in [4.78, 5) is 0. The van der Waals surface area contributed by atoms with Gasteiger partial charge in [0.1, 0.15) is 6.10 Å². The molecule has 3 heteroatoms. The van der Waals surface area contributed by atoms with E-state index in [1.54, 1.807) is 0 Å².